The summed E-state index contributed by atoms with van der Waals surface area (Å²) < 4.78 is 43.9. The third-order valence-corrected chi connectivity index (χ3v) is 6.22. The van der Waals surface area contributed by atoms with Crippen LogP contribution in [0.15, 0.2) is 66.9 Å². The van der Waals surface area contributed by atoms with E-state index >= 15 is 0 Å². The highest BCUT2D eigenvalue weighted by Crippen LogP contribution is 2.34. The van der Waals surface area contributed by atoms with Gasteiger partial charge < -0.3 is 10.1 Å². The number of benzene rings is 2. The highest BCUT2D eigenvalue weighted by Gasteiger charge is 2.34. The van der Waals surface area contributed by atoms with Crippen LogP contribution in [0.4, 0.5) is 13.2 Å². The van der Waals surface area contributed by atoms with Gasteiger partial charge in [-0.25, -0.2) is 4.98 Å². The van der Waals surface area contributed by atoms with Crippen LogP contribution in [0.25, 0.3) is 0 Å². The molecule has 0 aliphatic rings. The molecule has 186 valence electrons. The van der Waals surface area contributed by atoms with Crippen molar-refractivity contribution in [1.82, 2.24) is 10.3 Å². The van der Waals surface area contributed by atoms with Crippen LogP contribution in [0.3, 0.4) is 0 Å². The topological polar surface area (TPSA) is 51.2 Å². The minimum atomic E-state index is -4.51. The van der Waals surface area contributed by atoms with Gasteiger partial charge in [0.1, 0.15) is 0 Å². The predicted octanol–water partition coefficient (Wildman–Crippen LogP) is 7.27. The van der Waals surface area contributed by atoms with E-state index in [9.17, 15) is 18.0 Å². The fourth-order valence-electron chi connectivity index (χ4n) is 3.65. The zero-order valence-corrected chi connectivity index (χ0v) is 20.9. The molecule has 0 saturated heterocycles. The van der Waals surface area contributed by atoms with Crippen LogP contribution < -0.4 is 10.1 Å². The summed E-state index contributed by atoms with van der Waals surface area (Å²) in [7, 11) is 0. The van der Waals surface area contributed by atoms with E-state index < -0.39 is 23.2 Å². The fourth-order valence-corrected chi connectivity index (χ4v) is 3.98. The summed E-state index contributed by atoms with van der Waals surface area (Å²) in [5.41, 5.74) is -0.288. The zero-order valence-electron chi connectivity index (χ0n) is 19.4. The van der Waals surface area contributed by atoms with E-state index in [2.05, 4.69) is 17.2 Å². The molecule has 0 fully saturated rings. The Morgan fingerprint density at radius 2 is 1.69 bits per heavy atom. The Morgan fingerprint density at radius 3 is 2.26 bits per heavy atom. The number of alkyl halides is 3. The van der Waals surface area contributed by atoms with E-state index in [0.29, 0.717) is 16.2 Å². The molecule has 1 heterocycles. The number of hydrogen-bond donors (Lipinski definition) is 1. The van der Waals surface area contributed by atoms with Crippen LogP contribution in [-0.2, 0) is 11.0 Å². The maximum atomic E-state index is 13.0. The van der Waals surface area contributed by atoms with E-state index in [1.165, 1.54) is 13.8 Å². The van der Waals surface area contributed by atoms with Crippen LogP contribution in [0, 0.1) is 0 Å². The number of halogens is 5. The second-order valence-electron chi connectivity index (χ2n) is 8.71. The molecule has 1 N–H and O–H groups in total. The van der Waals surface area contributed by atoms with Crippen LogP contribution >= 0.6 is 23.2 Å². The molecule has 0 bridgehead atoms. The zero-order chi connectivity index (χ0) is 25.8. The first-order chi connectivity index (χ1) is 16.4. The van der Waals surface area contributed by atoms with Crippen LogP contribution in [-0.4, -0.2) is 23.0 Å². The number of nitrogens with zero attached hydrogens (tertiary/aromatic N) is 1. The molecule has 1 aromatic heterocycles. The fraction of sp³-hybridized carbons (Fsp3) is 0.308. The van der Waals surface area contributed by atoms with Crippen molar-refractivity contribution in [2.45, 2.75) is 44.4 Å². The van der Waals surface area contributed by atoms with Crippen molar-refractivity contribution >= 4 is 29.1 Å². The summed E-state index contributed by atoms with van der Waals surface area (Å²) in [4.78, 5) is 16.7. The summed E-state index contributed by atoms with van der Waals surface area (Å²) in [5, 5.41) is 4.13. The lowest BCUT2D eigenvalue weighted by atomic mass is 9.82. The third kappa shape index (κ3) is 7.12. The molecule has 2 atom stereocenters. The molecular weight excluding hydrogens is 500 g/mol. The van der Waals surface area contributed by atoms with Crippen molar-refractivity contribution < 1.29 is 22.7 Å². The lowest BCUT2D eigenvalue weighted by molar-refractivity contribution is -0.138. The van der Waals surface area contributed by atoms with Gasteiger partial charge in [0.05, 0.1) is 5.56 Å². The maximum absolute atomic E-state index is 13.0. The molecular formula is C26H25Cl2F3N2O2. The van der Waals surface area contributed by atoms with Crippen molar-refractivity contribution in [1.29, 1.82) is 0 Å². The van der Waals surface area contributed by atoms with E-state index in [1.54, 1.807) is 6.07 Å². The third-order valence-electron chi connectivity index (χ3n) is 5.73. The lowest BCUT2D eigenvalue weighted by Gasteiger charge is -2.29. The number of ether oxygens (including phenoxy) is 1. The van der Waals surface area contributed by atoms with Crippen molar-refractivity contribution in [3.63, 3.8) is 0 Å². The van der Waals surface area contributed by atoms with Gasteiger partial charge in [-0.05, 0) is 61.2 Å². The largest absolute Gasteiger partial charge is 0.462 e. The van der Waals surface area contributed by atoms with Gasteiger partial charge in [-0.15, -0.1) is 0 Å². The monoisotopic (exact) mass is 524 g/mol. The number of aromatic nitrogens is 1. The van der Waals surface area contributed by atoms with Gasteiger partial charge in [-0.1, -0.05) is 54.4 Å². The summed E-state index contributed by atoms with van der Waals surface area (Å²) in [6.07, 6.45) is -3.83. The summed E-state index contributed by atoms with van der Waals surface area (Å²) >= 11 is 12.3. The molecule has 3 rings (SSSR count). The van der Waals surface area contributed by atoms with Crippen molar-refractivity contribution in [2.75, 3.05) is 6.54 Å². The summed E-state index contributed by atoms with van der Waals surface area (Å²) in [5.74, 6) is -0.640. The Hall–Kier alpha value is -2.77. The Bertz CT molecular complexity index is 1150. The van der Waals surface area contributed by atoms with Crippen LogP contribution in [0.2, 0.25) is 10.0 Å². The van der Waals surface area contributed by atoms with Gasteiger partial charge in [0, 0.05) is 34.8 Å². The molecule has 0 radical (unpaired) electrons. The molecule has 0 saturated carbocycles. The predicted molar refractivity (Wildman–Crippen MR) is 131 cm³/mol. The first-order valence-corrected chi connectivity index (χ1v) is 11.6. The molecule has 35 heavy (non-hydrogen) atoms. The molecule has 2 unspecified atom stereocenters. The first kappa shape index (κ1) is 26.8. The highest BCUT2D eigenvalue weighted by atomic mass is 35.5. The average molecular weight is 525 g/mol. The summed E-state index contributed by atoms with van der Waals surface area (Å²) in [6, 6.07) is 16.9. The molecule has 3 aromatic rings. The van der Waals surface area contributed by atoms with Crippen molar-refractivity contribution in [2.24, 2.45) is 0 Å². The highest BCUT2D eigenvalue weighted by molar-refractivity contribution is 6.30. The molecule has 4 nitrogen and oxygen atoms in total. The van der Waals surface area contributed by atoms with Crippen LogP contribution in [0.5, 0.6) is 5.88 Å². The van der Waals surface area contributed by atoms with E-state index in [0.717, 1.165) is 23.3 Å². The number of carbonyl (C=O) groups is 1. The van der Waals surface area contributed by atoms with E-state index in [4.69, 9.17) is 27.9 Å². The molecule has 0 spiro atoms. The number of pyridine rings is 1. The standard InChI is InChI=1S/C26H25Cl2F3N2O2/c1-16(17-7-10-20(27)11-8-17)22(18-5-4-6-21(28)13-18)15-33-24(34)25(2,3)35-23-12-9-19(14-32-23)26(29,30)31/h4-14,16,22H,15H2,1-3H3,(H,33,34). The second-order valence-corrected chi connectivity index (χ2v) is 9.58. The Balaban J connectivity index is 1.75. The number of nitrogens with one attached hydrogen (secondary N) is 1. The van der Waals surface area contributed by atoms with Gasteiger partial charge >= 0.3 is 6.18 Å². The van der Waals surface area contributed by atoms with Crippen molar-refractivity contribution in [3.05, 3.63) is 93.6 Å². The molecule has 1 amide bonds. The molecule has 0 aliphatic heterocycles. The number of hydrogen-bond acceptors (Lipinski definition) is 3. The van der Waals surface area contributed by atoms with E-state index in [-0.39, 0.29) is 24.3 Å². The SMILES string of the molecule is CC(c1ccc(Cl)cc1)C(CNC(=O)C(C)(C)Oc1ccc(C(F)(F)F)cn1)c1cccc(Cl)c1. The number of rotatable bonds is 8. The van der Waals surface area contributed by atoms with Crippen molar-refractivity contribution in [3.8, 4) is 5.88 Å². The van der Waals surface area contributed by atoms with Gasteiger partial charge in [0.2, 0.25) is 5.88 Å². The van der Waals surface area contributed by atoms with Gasteiger partial charge in [0.15, 0.2) is 5.60 Å². The Morgan fingerprint density at radius 1 is 1.00 bits per heavy atom. The smallest absolute Gasteiger partial charge is 0.417 e. The Kier molecular flexibility index (Phi) is 8.34. The second kappa shape index (κ2) is 10.9. The molecule has 0 aliphatic carbocycles. The number of amides is 1. The minimum Gasteiger partial charge on any atom is -0.462 e. The van der Waals surface area contributed by atoms with E-state index in [1.807, 2.05) is 42.5 Å². The average Bonchev–Trinajstić information content (AvgIpc) is 2.79. The molecule has 9 heteroatoms. The lowest BCUT2D eigenvalue weighted by Crippen LogP contribution is -2.48. The normalized spacial score (nSPS) is 13.7. The van der Waals surface area contributed by atoms with Gasteiger partial charge in [0.25, 0.3) is 5.91 Å². The first-order valence-electron chi connectivity index (χ1n) is 10.9. The quantitative estimate of drug-likeness (QED) is 0.337. The van der Waals surface area contributed by atoms with Crippen LogP contribution in [0.1, 0.15) is 49.3 Å². The Labute approximate surface area is 212 Å². The van der Waals surface area contributed by atoms with Gasteiger partial charge in [-0.2, -0.15) is 13.2 Å². The minimum absolute atomic E-state index is 0.00615. The maximum Gasteiger partial charge on any atom is 0.417 e. The summed E-state index contributed by atoms with van der Waals surface area (Å²) in [6.45, 7) is 5.38. The molecule has 2 aromatic carbocycles. The van der Waals surface area contributed by atoms with Gasteiger partial charge in [-0.3, -0.25) is 4.79 Å². The number of carbonyl (C=O) groups excluding carboxylic acids is 1.